The van der Waals surface area contributed by atoms with Gasteiger partial charge in [-0.1, -0.05) is 17.8 Å². The second kappa shape index (κ2) is 7.72. The van der Waals surface area contributed by atoms with Gasteiger partial charge in [-0.15, -0.1) is 0 Å². The number of carbonyl (C=O) groups is 1. The van der Waals surface area contributed by atoms with E-state index >= 15 is 0 Å². The molecule has 2 N–H and O–H groups in total. The first-order valence-electron chi connectivity index (χ1n) is 7.08. The van der Waals surface area contributed by atoms with Gasteiger partial charge in [-0.3, -0.25) is 4.79 Å². The third kappa shape index (κ3) is 3.75. The summed E-state index contributed by atoms with van der Waals surface area (Å²) >= 11 is 1.20. The van der Waals surface area contributed by atoms with Crippen molar-refractivity contribution in [1.82, 2.24) is 9.97 Å². The Hall–Kier alpha value is -2.99. The van der Waals surface area contributed by atoms with Crippen molar-refractivity contribution in [1.29, 1.82) is 5.26 Å². The molecule has 1 aromatic carbocycles. The van der Waals surface area contributed by atoms with E-state index in [4.69, 9.17) is 14.6 Å². The summed E-state index contributed by atoms with van der Waals surface area (Å²) in [5.74, 6) is -0.801. The number of rotatable bonds is 6. The van der Waals surface area contributed by atoms with Crippen molar-refractivity contribution in [2.24, 2.45) is 0 Å². The number of nitrogens with zero attached hydrogens (tertiary/aromatic N) is 2. The number of para-hydroxylation sites is 1. The van der Waals surface area contributed by atoms with Crippen molar-refractivity contribution >= 4 is 17.7 Å². The van der Waals surface area contributed by atoms with Crippen LogP contribution >= 0.6 is 11.8 Å². The number of ether oxygens (including phenoxy) is 2. The largest absolute Gasteiger partial charge is 0.493 e. The highest BCUT2D eigenvalue weighted by Crippen LogP contribution is 2.39. The van der Waals surface area contributed by atoms with Crippen LogP contribution < -0.4 is 15.0 Å². The lowest BCUT2D eigenvalue weighted by Gasteiger charge is -2.17. The Morgan fingerprint density at radius 2 is 2.20 bits per heavy atom. The number of carboxylic acids is 1. The summed E-state index contributed by atoms with van der Waals surface area (Å²) in [6, 6.07) is 6.63. The topological polar surface area (TPSA) is 125 Å². The standard InChI is InChI=1S/C16H15N3O5S/c1-8(15(21)22)24-13-9(5-4-6-11(13)23-2)12-10(7-17)14(20)19-16(18-12)25-3/h4-6,8H,1-3H3,(H,21,22)(H,18,19,20). The van der Waals surface area contributed by atoms with Crippen LogP contribution in [0.5, 0.6) is 11.5 Å². The van der Waals surface area contributed by atoms with E-state index in [1.807, 2.05) is 6.07 Å². The number of aromatic amines is 1. The maximum Gasteiger partial charge on any atom is 0.344 e. The predicted octanol–water partition coefficient (Wildman–Crippen LogP) is 1.89. The molecule has 1 aromatic heterocycles. The Labute approximate surface area is 147 Å². The second-order valence-electron chi connectivity index (χ2n) is 4.85. The Kier molecular flexibility index (Phi) is 5.67. The molecule has 1 heterocycles. The number of hydrogen-bond acceptors (Lipinski definition) is 7. The number of nitrogens with one attached hydrogen (secondary N) is 1. The molecular formula is C16H15N3O5S. The zero-order valence-electron chi connectivity index (χ0n) is 13.7. The lowest BCUT2D eigenvalue weighted by atomic mass is 10.1. The molecule has 0 aliphatic rings. The molecule has 0 saturated carbocycles. The SMILES string of the molecule is COc1cccc(-c2nc(SC)[nH]c(=O)c2C#N)c1OC(C)C(=O)O. The molecule has 1 unspecified atom stereocenters. The third-order valence-corrected chi connectivity index (χ3v) is 3.88. The highest BCUT2D eigenvalue weighted by molar-refractivity contribution is 7.98. The van der Waals surface area contributed by atoms with Gasteiger partial charge in [0.25, 0.3) is 5.56 Å². The highest BCUT2D eigenvalue weighted by atomic mass is 32.2. The molecule has 0 aliphatic carbocycles. The average molecular weight is 361 g/mol. The van der Waals surface area contributed by atoms with E-state index in [1.54, 1.807) is 24.5 Å². The van der Waals surface area contributed by atoms with Crippen molar-refractivity contribution in [3.8, 4) is 28.8 Å². The van der Waals surface area contributed by atoms with Crippen LogP contribution in [0.15, 0.2) is 28.2 Å². The first-order chi connectivity index (χ1) is 11.9. The van der Waals surface area contributed by atoms with Crippen molar-refractivity contribution in [2.45, 2.75) is 18.2 Å². The zero-order chi connectivity index (χ0) is 18.6. The lowest BCUT2D eigenvalue weighted by Crippen LogP contribution is -2.23. The summed E-state index contributed by atoms with van der Waals surface area (Å²) in [4.78, 5) is 30.0. The van der Waals surface area contributed by atoms with Gasteiger partial charge in [-0.05, 0) is 25.3 Å². The van der Waals surface area contributed by atoms with Crippen LogP contribution in [-0.4, -0.2) is 40.5 Å². The highest BCUT2D eigenvalue weighted by Gasteiger charge is 2.23. The number of carboxylic acid groups (broad SMARTS) is 1. The van der Waals surface area contributed by atoms with E-state index in [0.717, 1.165) is 0 Å². The number of aliphatic carboxylic acids is 1. The minimum absolute atomic E-state index is 0.0987. The van der Waals surface area contributed by atoms with Gasteiger partial charge >= 0.3 is 5.97 Å². The molecule has 8 nitrogen and oxygen atoms in total. The second-order valence-corrected chi connectivity index (χ2v) is 5.64. The molecule has 0 amide bonds. The first kappa shape index (κ1) is 18.4. The maximum absolute atomic E-state index is 12.1. The molecule has 0 radical (unpaired) electrons. The third-order valence-electron chi connectivity index (χ3n) is 3.30. The van der Waals surface area contributed by atoms with Gasteiger partial charge in [-0.2, -0.15) is 5.26 Å². The fraction of sp³-hybridized carbons (Fsp3) is 0.250. The Balaban J connectivity index is 2.76. The Morgan fingerprint density at radius 3 is 2.76 bits per heavy atom. The lowest BCUT2D eigenvalue weighted by molar-refractivity contribution is -0.144. The van der Waals surface area contributed by atoms with Crippen molar-refractivity contribution in [3.05, 3.63) is 34.1 Å². The number of methoxy groups -OCH3 is 1. The van der Waals surface area contributed by atoms with E-state index in [-0.39, 0.29) is 22.8 Å². The number of hydrogen-bond donors (Lipinski definition) is 2. The van der Waals surface area contributed by atoms with Crippen LogP contribution in [0.1, 0.15) is 12.5 Å². The van der Waals surface area contributed by atoms with Gasteiger partial charge in [0.1, 0.15) is 17.3 Å². The van der Waals surface area contributed by atoms with Gasteiger partial charge < -0.3 is 19.6 Å². The van der Waals surface area contributed by atoms with Crippen molar-refractivity contribution < 1.29 is 19.4 Å². The Morgan fingerprint density at radius 1 is 1.48 bits per heavy atom. The smallest absolute Gasteiger partial charge is 0.344 e. The van der Waals surface area contributed by atoms with Crippen molar-refractivity contribution in [2.75, 3.05) is 13.4 Å². The molecule has 2 aromatic rings. The summed E-state index contributed by atoms with van der Waals surface area (Å²) < 4.78 is 10.7. The summed E-state index contributed by atoms with van der Waals surface area (Å²) in [6.07, 6.45) is 0.562. The number of H-pyrrole nitrogens is 1. The van der Waals surface area contributed by atoms with E-state index < -0.39 is 17.6 Å². The molecule has 25 heavy (non-hydrogen) atoms. The van der Waals surface area contributed by atoms with Crippen LogP contribution in [-0.2, 0) is 4.79 Å². The van der Waals surface area contributed by atoms with E-state index in [2.05, 4.69) is 9.97 Å². The van der Waals surface area contributed by atoms with E-state index in [1.165, 1.54) is 25.8 Å². The molecule has 0 saturated heterocycles. The van der Waals surface area contributed by atoms with Gasteiger partial charge in [0.2, 0.25) is 0 Å². The molecular weight excluding hydrogens is 346 g/mol. The quantitative estimate of drug-likeness (QED) is 0.590. The summed E-state index contributed by atoms with van der Waals surface area (Å²) in [7, 11) is 1.40. The summed E-state index contributed by atoms with van der Waals surface area (Å²) in [6.45, 7) is 1.36. The van der Waals surface area contributed by atoms with Gasteiger partial charge in [0.15, 0.2) is 22.8 Å². The van der Waals surface area contributed by atoms with Gasteiger partial charge in [-0.25, -0.2) is 9.78 Å². The number of nitriles is 1. The van der Waals surface area contributed by atoms with Crippen LogP contribution in [0.25, 0.3) is 11.3 Å². The maximum atomic E-state index is 12.1. The molecule has 0 aliphatic heterocycles. The molecule has 0 fully saturated rings. The molecule has 2 rings (SSSR count). The number of aromatic nitrogens is 2. The molecule has 9 heteroatoms. The summed E-state index contributed by atoms with van der Waals surface area (Å²) in [5.41, 5.74) is -0.386. The minimum atomic E-state index is -1.17. The first-order valence-corrected chi connectivity index (χ1v) is 8.30. The van der Waals surface area contributed by atoms with Crippen molar-refractivity contribution in [3.63, 3.8) is 0 Å². The van der Waals surface area contributed by atoms with Crippen LogP contribution in [0.2, 0.25) is 0 Å². The number of thioether (sulfide) groups is 1. The molecule has 130 valence electrons. The van der Waals surface area contributed by atoms with Crippen LogP contribution in [0.4, 0.5) is 0 Å². The fourth-order valence-corrected chi connectivity index (χ4v) is 2.44. The summed E-state index contributed by atoms with van der Waals surface area (Å²) in [5, 5.41) is 18.8. The Bertz CT molecular complexity index is 904. The molecule has 0 bridgehead atoms. The normalized spacial score (nSPS) is 11.4. The number of benzene rings is 1. The predicted molar refractivity (Wildman–Crippen MR) is 91.1 cm³/mol. The average Bonchev–Trinajstić information content (AvgIpc) is 2.60. The van der Waals surface area contributed by atoms with Crippen LogP contribution in [0, 0.1) is 11.3 Å². The fourth-order valence-electron chi connectivity index (χ4n) is 2.06. The van der Waals surface area contributed by atoms with E-state index in [0.29, 0.717) is 10.7 Å². The minimum Gasteiger partial charge on any atom is -0.493 e. The zero-order valence-corrected chi connectivity index (χ0v) is 14.5. The monoisotopic (exact) mass is 361 g/mol. The molecule has 0 spiro atoms. The van der Waals surface area contributed by atoms with Crippen LogP contribution in [0.3, 0.4) is 0 Å². The van der Waals surface area contributed by atoms with E-state index in [9.17, 15) is 14.9 Å². The molecule has 1 atom stereocenters. The van der Waals surface area contributed by atoms with Gasteiger partial charge in [0, 0.05) is 5.56 Å². The van der Waals surface area contributed by atoms with Gasteiger partial charge in [0.05, 0.1) is 7.11 Å².